The maximum atomic E-state index is 13.1. The Bertz CT molecular complexity index is 779. The first kappa shape index (κ1) is 23.2. The number of hydrogen-bond acceptors (Lipinski definition) is 4. The summed E-state index contributed by atoms with van der Waals surface area (Å²) in [6.45, 7) is 10.6. The molecule has 1 aliphatic carbocycles. The molecule has 3 rings (SSSR count). The van der Waals surface area contributed by atoms with Crippen LogP contribution in [0.2, 0.25) is 0 Å². The topological polar surface area (TPSA) is 25.8 Å². The molecule has 0 bridgehead atoms. The highest BCUT2D eigenvalue weighted by molar-refractivity contribution is 7.98. The molecular weight excluding hydrogens is 387 g/mol. The molecule has 0 aliphatic heterocycles. The summed E-state index contributed by atoms with van der Waals surface area (Å²) in [6.07, 6.45) is 7.28. The van der Waals surface area contributed by atoms with Gasteiger partial charge in [0, 0.05) is 16.3 Å². The number of aryl methyl sites for hydroxylation is 1. The normalized spacial score (nSPS) is 18.2. The van der Waals surface area contributed by atoms with Gasteiger partial charge in [-0.3, -0.25) is 0 Å². The second kappa shape index (κ2) is 11.2. The largest absolute Gasteiger partial charge is 0.228 e. The fourth-order valence-corrected chi connectivity index (χ4v) is 4.87. The molecule has 5 heteroatoms. The number of thioether (sulfide) groups is 1. The molecule has 0 spiro atoms. The molecule has 1 aromatic heterocycles. The van der Waals surface area contributed by atoms with Gasteiger partial charge in [0.2, 0.25) is 0 Å². The predicted octanol–water partition coefficient (Wildman–Crippen LogP) is 7.37. The Kier molecular flexibility index (Phi) is 9.29. The van der Waals surface area contributed by atoms with Crippen LogP contribution in [-0.4, -0.2) is 16.2 Å². The summed E-state index contributed by atoms with van der Waals surface area (Å²) in [5.74, 6) is 1.05. The number of aromatic nitrogens is 2. The maximum absolute atomic E-state index is 13.1. The van der Waals surface area contributed by atoms with Crippen LogP contribution in [0.25, 0.3) is 0 Å². The minimum Gasteiger partial charge on any atom is -0.228 e. The van der Waals surface area contributed by atoms with Crippen LogP contribution in [0, 0.1) is 12.8 Å². The minimum atomic E-state index is 0.342. The van der Waals surface area contributed by atoms with E-state index in [2.05, 4.69) is 37.9 Å². The van der Waals surface area contributed by atoms with E-state index in [9.17, 15) is 3.89 Å². The van der Waals surface area contributed by atoms with Crippen LogP contribution in [0.4, 0.5) is 3.89 Å². The molecule has 0 saturated carbocycles. The third-order valence-electron chi connectivity index (χ3n) is 5.30. The summed E-state index contributed by atoms with van der Waals surface area (Å²) in [6, 6.07) is 6.08. The molecule has 1 heterocycles. The van der Waals surface area contributed by atoms with Gasteiger partial charge in [0.05, 0.1) is 12.1 Å². The first-order valence-electron chi connectivity index (χ1n) is 10.4. The number of halogens is 1. The fourth-order valence-electron chi connectivity index (χ4n) is 4.15. The van der Waals surface area contributed by atoms with Crippen molar-refractivity contribution in [2.45, 2.75) is 82.7 Å². The molecule has 2 nitrogen and oxygen atoms in total. The Morgan fingerprint density at radius 3 is 2.61 bits per heavy atom. The van der Waals surface area contributed by atoms with E-state index in [0.717, 1.165) is 43.0 Å². The van der Waals surface area contributed by atoms with Gasteiger partial charge in [0.1, 0.15) is 0 Å². The smallest absolute Gasteiger partial charge is 0.187 e. The molecule has 2 aromatic rings. The van der Waals surface area contributed by atoms with Crippen LogP contribution in [0.3, 0.4) is 0 Å². The van der Waals surface area contributed by atoms with Gasteiger partial charge in [-0.25, -0.2) is 9.97 Å². The van der Waals surface area contributed by atoms with Gasteiger partial charge in [-0.2, -0.15) is 3.89 Å². The van der Waals surface area contributed by atoms with E-state index in [1.807, 2.05) is 26.2 Å². The summed E-state index contributed by atoms with van der Waals surface area (Å²) in [7, 11) is 0. The molecular formula is C23H33FN2S2. The Morgan fingerprint density at radius 1 is 1.21 bits per heavy atom. The van der Waals surface area contributed by atoms with Crippen LogP contribution in [0.15, 0.2) is 28.3 Å². The molecule has 1 aromatic carbocycles. The zero-order chi connectivity index (χ0) is 20.7. The van der Waals surface area contributed by atoms with E-state index in [0.29, 0.717) is 28.9 Å². The van der Waals surface area contributed by atoms with Crippen molar-refractivity contribution in [3.05, 3.63) is 46.3 Å². The Morgan fingerprint density at radius 2 is 1.96 bits per heavy atom. The molecule has 1 aliphatic rings. The first-order chi connectivity index (χ1) is 13.5. The monoisotopic (exact) mass is 420 g/mol. The third kappa shape index (κ3) is 5.50. The maximum Gasteiger partial charge on any atom is 0.187 e. The zero-order valence-electron chi connectivity index (χ0n) is 18.0. The molecule has 154 valence electrons. The van der Waals surface area contributed by atoms with Crippen LogP contribution in [0.5, 0.6) is 0 Å². The lowest BCUT2D eigenvalue weighted by atomic mass is 9.75. The Labute approximate surface area is 178 Å². The molecule has 0 saturated heterocycles. The van der Waals surface area contributed by atoms with Crippen molar-refractivity contribution in [2.75, 3.05) is 6.26 Å². The van der Waals surface area contributed by atoms with Crippen molar-refractivity contribution >= 4 is 23.9 Å². The summed E-state index contributed by atoms with van der Waals surface area (Å²) in [5, 5.41) is 0.856. The molecule has 2 atom stereocenters. The zero-order valence-corrected chi connectivity index (χ0v) is 19.6. The van der Waals surface area contributed by atoms with Gasteiger partial charge in [-0.15, -0.1) is 0 Å². The highest BCUT2D eigenvalue weighted by atomic mass is 32.2. The summed E-state index contributed by atoms with van der Waals surface area (Å²) in [5.41, 5.74) is 6.29. The molecule has 28 heavy (non-hydrogen) atoms. The van der Waals surface area contributed by atoms with E-state index < -0.39 is 0 Å². The molecule has 2 unspecified atom stereocenters. The Hall–Kier alpha value is -1.07. The van der Waals surface area contributed by atoms with Crippen molar-refractivity contribution in [3.8, 4) is 0 Å². The van der Waals surface area contributed by atoms with Crippen molar-refractivity contribution < 1.29 is 3.89 Å². The second-order valence-electron chi connectivity index (χ2n) is 7.35. The summed E-state index contributed by atoms with van der Waals surface area (Å²) in [4.78, 5) is 10.2. The molecule has 0 fully saturated rings. The van der Waals surface area contributed by atoms with Gasteiger partial charge >= 0.3 is 0 Å². The molecule has 0 N–H and O–H groups in total. The predicted molar refractivity (Wildman–Crippen MR) is 121 cm³/mol. The summed E-state index contributed by atoms with van der Waals surface area (Å²) < 4.78 is 13.1. The fraction of sp³-hybridized carbons (Fsp3) is 0.565. The van der Waals surface area contributed by atoms with Gasteiger partial charge in [0.15, 0.2) is 5.16 Å². The van der Waals surface area contributed by atoms with Crippen LogP contribution in [-0.2, 0) is 19.3 Å². The lowest BCUT2D eigenvalue weighted by Gasteiger charge is -2.30. The Balaban J connectivity index is 0.00000136. The standard InChI is InChI=1S/C21H27FN2S2.C2H6/c1-5-6-18-14(3)23-21(25-4)24-20(18)11-16-10-13(2)9-15-7-8-17(26-22)12-19(15)16;1-2/h7-8,12-13,16H,5-6,9-11H2,1-4H3;1-2H3. The first-order valence-corrected chi connectivity index (χ1v) is 12.3. The quantitative estimate of drug-likeness (QED) is 0.360. The number of hydrogen-bond donors (Lipinski definition) is 0. The van der Waals surface area contributed by atoms with Crippen LogP contribution in [0.1, 0.15) is 74.5 Å². The van der Waals surface area contributed by atoms with E-state index in [-0.39, 0.29) is 0 Å². The lowest BCUT2D eigenvalue weighted by molar-refractivity contribution is 0.425. The van der Waals surface area contributed by atoms with E-state index in [1.54, 1.807) is 11.8 Å². The number of nitrogens with zero attached hydrogens (tertiary/aromatic N) is 2. The second-order valence-corrected chi connectivity index (χ2v) is 8.75. The average molecular weight is 421 g/mol. The van der Waals surface area contributed by atoms with Crippen LogP contribution >= 0.6 is 23.9 Å². The average Bonchev–Trinajstić information content (AvgIpc) is 2.71. The van der Waals surface area contributed by atoms with Crippen molar-refractivity contribution in [1.82, 2.24) is 9.97 Å². The number of benzene rings is 1. The summed E-state index contributed by atoms with van der Waals surface area (Å²) >= 11 is 1.94. The van der Waals surface area contributed by atoms with Gasteiger partial charge in [0.25, 0.3) is 0 Å². The van der Waals surface area contributed by atoms with Gasteiger partial charge in [-0.05, 0) is 79.5 Å². The van der Waals surface area contributed by atoms with Gasteiger partial charge in [-0.1, -0.05) is 51.9 Å². The molecule has 0 amide bonds. The number of rotatable bonds is 6. The van der Waals surface area contributed by atoms with Gasteiger partial charge < -0.3 is 0 Å². The van der Waals surface area contributed by atoms with Crippen molar-refractivity contribution in [3.63, 3.8) is 0 Å². The minimum absolute atomic E-state index is 0.342. The van der Waals surface area contributed by atoms with E-state index in [4.69, 9.17) is 4.98 Å². The van der Waals surface area contributed by atoms with Crippen LogP contribution < -0.4 is 0 Å². The van der Waals surface area contributed by atoms with E-state index >= 15 is 0 Å². The number of fused-ring (bicyclic) bond motifs is 1. The van der Waals surface area contributed by atoms with E-state index in [1.165, 1.54) is 22.4 Å². The highest BCUT2D eigenvalue weighted by Gasteiger charge is 2.27. The van der Waals surface area contributed by atoms with Crippen molar-refractivity contribution in [1.29, 1.82) is 0 Å². The molecule has 0 radical (unpaired) electrons. The van der Waals surface area contributed by atoms with Crippen molar-refractivity contribution in [2.24, 2.45) is 5.92 Å². The third-order valence-corrected chi connectivity index (χ3v) is 6.28. The lowest BCUT2D eigenvalue weighted by Crippen LogP contribution is -2.20. The highest BCUT2D eigenvalue weighted by Crippen LogP contribution is 2.39. The SMILES string of the molecule is CC.CCCc1c(C)nc(SC)nc1CC1CC(C)Cc2ccc(SF)cc21.